The van der Waals surface area contributed by atoms with E-state index in [4.69, 9.17) is 4.74 Å². The average Bonchev–Trinajstić information content (AvgIpc) is 2.24. The molecule has 0 aliphatic carbocycles. The second-order valence-electron chi connectivity index (χ2n) is 4.51. The lowest BCUT2D eigenvalue weighted by Gasteiger charge is -2.24. The highest BCUT2D eigenvalue weighted by molar-refractivity contribution is 5.28. The van der Waals surface area contributed by atoms with Gasteiger partial charge in [-0.1, -0.05) is 12.1 Å². The Labute approximate surface area is 102 Å². The van der Waals surface area contributed by atoms with Crippen LogP contribution in [0.2, 0.25) is 0 Å². The van der Waals surface area contributed by atoms with Crippen LogP contribution in [0.15, 0.2) is 24.3 Å². The lowest BCUT2D eigenvalue weighted by Crippen LogP contribution is -2.40. The van der Waals surface area contributed by atoms with E-state index in [1.807, 2.05) is 6.07 Å². The summed E-state index contributed by atoms with van der Waals surface area (Å²) in [5, 5.41) is 22.6. The van der Waals surface area contributed by atoms with Gasteiger partial charge in [-0.25, -0.2) is 0 Å². The number of benzene rings is 1. The highest BCUT2D eigenvalue weighted by Crippen LogP contribution is 2.16. The van der Waals surface area contributed by atoms with Crippen molar-refractivity contribution in [1.29, 1.82) is 0 Å². The van der Waals surface area contributed by atoms with Crippen LogP contribution in [0, 0.1) is 0 Å². The molecule has 4 heteroatoms. The zero-order valence-electron chi connectivity index (χ0n) is 10.4. The molecule has 0 saturated carbocycles. The fourth-order valence-corrected chi connectivity index (χ4v) is 1.70. The van der Waals surface area contributed by atoms with E-state index < -0.39 is 5.60 Å². The third kappa shape index (κ3) is 5.68. The normalized spacial score (nSPS) is 14.5. The molecule has 0 heterocycles. The summed E-state index contributed by atoms with van der Waals surface area (Å²) in [5.74, 6) is 0.227. The molecule has 96 valence electrons. The largest absolute Gasteiger partial charge is 0.508 e. The van der Waals surface area contributed by atoms with Crippen LogP contribution in [0.1, 0.15) is 12.5 Å². The van der Waals surface area contributed by atoms with Gasteiger partial charge in [-0.15, -0.1) is 0 Å². The van der Waals surface area contributed by atoms with Crippen LogP contribution >= 0.6 is 0 Å². The molecule has 0 aliphatic heterocycles. The maximum Gasteiger partial charge on any atom is 0.115 e. The van der Waals surface area contributed by atoms with Gasteiger partial charge in [0.1, 0.15) is 5.75 Å². The average molecular weight is 239 g/mol. The van der Waals surface area contributed by atoms with Gasteiger partial charge in [-0.3, -0.25) is 0 Å². The summed E-state index contributed by atoms with van der Waals surface area (Å²) < 4.78 is 4.91. The number of aromatic hydroxyl groups is 1. The maximum atomic E-state index is 10.2. The summed E-state index contributed by atoms with van der Waals surface area (Å²) in [6.45, 7) is 3.61. The Morgan fingerprint density at radius 3 is 2.82 bits per heavy atom. The zero-order valence-corrected chi connectivity index (χ0v) is 10.4. The molecule has 1 aromatic carbocycles. The van der Waals surface area contributed by atoms with Gasteiger partial charge in [-0.2, -0.15) is 0 Å². The summed E-state index contributed by atoms with van der Waals surface area (Å²) in [4.78, 5) is 0. The Kier molecular flexibility index (Phi) is 5.41. The quantitative estimate of drug-likeness (QED) is 0.619. The van der Waals surface area contributed by atoms with Crippen LogP contribution in [-0.4, -0.2) is 42.6 Å². The topological polar surface area (TPSA) is 61.7 Å². The number of ether oxygens (including phenoxy) is 1. The van der Waals surface area contributed by atoms with Gasteiger partial charge in [0.15, 0.2) is 0 Å². The van der Waals surface area contributed by atoms with Crippen LogP contribution in [0.3, 0.4) is 0 Å². The van der Waals surface area contributed by atoms with E-state index in [0.29, 0.717) is 26.1 Å². The van der Waals surface area contributed by atoms with E-state index in [9.17, 15) is 10.2 Å². The number of nitrogens with one attached hydrogen (secondary N) is 1. The van der Waals surface area contributed by atoms with Crippen LogP contribution in [0.5, 0.6) is 5.75 Å². The number of phenolic OH excluding ortho intramolecular Hbond substituents is 1. The van der Waals surface area contributed by atoms with Gasteiger partial charge in [0.2, 0.25) is 0 Å². The minimum Gasteiger partial charge on any atom is -0.508 e. The number of hydrogen-bond acceptors (Lipinski definition) is 4. The van der Waals surface area contributed by atoms with Crippen LogP contribution in [0.4, 0.5) is 0 Å². The van der Waals surface area contributed by atoms with E-state index in [0.717, 1.165) is 5.56 Å². The van der Waals surface area contributed by atoms with E-state index in [-0.39, 0.29) is 5.75 Å². The predicted octanol–water partition coefficient (Wildman–Crippen LogP) is 0.922. The molecule has 0 bridgehead atoms. The van der Waals surface area contributed by atoms with Crippen molar-refractivity contribution in [3.63, 3.8) is 0 Å². The second kappa shape index (κ2) is 6.59. The number of methoxy groups -OCH3 is 1. The first kappa shape index (κ1) is 14.0. The van der Waals surface area contributed by atoms with Crippen molar-refractivity contribution < 1.29 is 14.9 Å². The van der Waals surface area contributed by atoms with E-state index in [1.165, 1.54) is 0 Å². The molecule has 4 nitrogen and oxygen atoms in total. The minimum absolute atomic E-state index is 0.227. The minimum atomic E-state index is -0.832. The van der Waals surface area contributed by atoms with Gasteiger partial charge in [0.25, 0.3) is 0 Å². The zero-order chi connectivity index (χ0) is 12.7. The number of rotatable bonds is 7. The van der Waals surface area contributed by atoms with E-state index in [1.54, 1.807) is 32.2 Å². The Morgan fingerprint density at radius 1 is 1.41 bits per heavy atom. The molecule has 0 aliphatic rings. The Balaban J connectivity index is 2.42. The standard InChI is InChI=1S/C13H21NO3/c1-13(16,10-14-6-7-17-2)9-11-4-3-5-12(15)8-11/h3-5,8,14-16H,6-7,9-10H2,1-2H3. The summed E-state index contributed by atoms with van der Waals surface area (Å²) in [7, 11) is 1.65. The van der Waals surface area contributed by atoms with Crippen LogP contribution in [-0.2, 0) is 11.2 Å². The molecule has 1 aromatic rings. The summed E-state index contributed by atoms with van der Waals surface area (Å²) in [6, 6.07) is 6.96. The Morgan fingerprint density at radius 2 is 2.18 bits per heavy atom. The number of aliphatic hydroxyl groups is 1. The molecule has 0 amide bonds. The third-order valence-corrected chi connectivity index (χ3v) is 2.48. The molecule has 0 aromatic heterocycles. The molecule has 1 rings (SSSR count). The lowest BCUT2D eigenvalue weighted by molar-refractivity contribution is 0.0581. The monoisotopic (exact) mass is 239 g/mol. The first-order valence-corrected chi connectivity index (χ1v) is 5.73. The first-order valence-electron chi connectivity index (χ1n) is 5.73. The van der Waals surface area contributed by atoms with E-state index in [2.05, 4.69) is 5.32 Å². The van der Waals surface area contributed by atoms with Crippen molar-refractivity contribution in [3.8, 4) is 5.75 Å². The third-order valence-electron chi connectivity index (χ3n) is 2.48. The van der Waals surface area contributed by atoms with Gasteiger partial charge in [-0.05, 0) is 24.6 Å². The van der Waals surface area contributed by atoms with Crippen molar-refractivity contribution >= 4 is 0 Å². The molecule has 0 fully saturated rings. The van der Waals surface area contributed by atoms with Gasteiger partial charge in [0.05, 0.1) is 12.2 Å². The van der Waals surface area contributed by atoms with Crippen LogP contribution in [0.25, 0.3) is 0 Å². The Bertz CT molecular complexity index is 339. The number of phenols is 1. The molecule has 0 saturated heterocycles. The van der Waals surface area contributed by atoms with Gasteiger partial charge >= 0.3 is 0 Å². The fourth-order valence-electron chi connectivity index (χ4n) is 1.70. The summed E-state index contributed by atoms with van der Waals surface area (Å²) >= 11 is 0. The second-order valence-corrected chi connectivity index (χ2v) is 4.51. The first-order chi connectivity index (χ1) is 8.03. The lowest BCUT2D eigenvalue weighted by atomic mass is 9.96. The molecule has 0 radical (unpaired) electrons. The molecule has 1 unspecified atom stereocenters. The molecule has 1 atom stereocenters. The smallest absolute Gasteiger partial charge is 0.115 e. The van der Waals surface area contributed by atoms with Crippen molar-refractivity contribution in [2.24, 2.45) is 0 Å². The molecule has 0 spiro atoms. The van der Waals surface area contributed by atoms with Crippen molar-refractivity contribution in [3.05, 3.63) is 29.8 Å². The van der Waals surface area contributed by atoms with Crippen molar-refractivity contribution in [1.82, 2.24) is 5.32 Å². The number of hydrogen-bond donors (Lipinski definition) is 3. The van der Waals surface area contributed by atoms with Gasteiger partial charge < -0.3 is 20.3 Å². The summed E-state index contributed by atoms with van der Waals surface area (Å²) in [5.41, 5.74) is 0.0881. The highest BCUT2D eigenvalue weighted by atomic mass is 16.5. The van der Waals surface area contributed by atoms with Crippen LogP contribution < -0.4 is 5.32 Å². The molecule has 17 heavy (non-hydrogen) atoms. The predicted molar refractivity (Wildman–Crippen MR) is 67.2 cm³/mol. The molecular weight excluding hydrogens is 218 g/mol. The molecule has 3 N–H and O–H groups in total. The van der Waals surface area contributed by atoms with Crippen molar-refractivity contribution in [2.45, 2.75) is 18.9 Å². The maximum absolute atomic E-state index is 10.2. The Hall–Kier alpha value is -1.10. The van der Waals surface area contributed by atoms with Crippen molar-refractivity contribution in [2.75, 3.05) is 26.8 Å². The summed E-state index contributed by atoms with van der Waals surface area (Å²) in [6.07, 6.45) is 0.501. The molecular formula is C13H21NO3. The van der Waals surface area contributed by atoms with E-state index >= 15 is 0 Å². The highest BCUT2D eigenvalue weighted by Gasteiger charge is 2.20. The fraction of sp³-hybridized carbons (Fsp3) is 0.538. The van der Waals surface area contributed by atoms with Gasteiger partial charge in [0, 0.05) is 26.6 Å². The SMILES string of the molecule is COCCNCC(C)(O)Cc1cccc(O)c1.